The summed E-state index contributed by atoms with van der Waals surface area (Å²) in [5.41, 5.74) is 3.13. The molecule has 116 valence electrons. The van der Waals surface area contributed by atoms with E-state index in [0.717, 1.165) is 16.9 Å². The molecule has 0 fully saturated rings. The summed E-state index contributed by atoms with van der Waals surface area (Å²) >= 11 is 0. The Balaban J connectivity index is 1.76. The van der Waals surface area contributed by atoms with Crippen LogP contribution >= 0.6 is 0 Å². The molecule has 0 bridgehead atoms. The molecule has 0 heterocycles. The normalized spacial score (nSPS) is 9.71. The zero-order valence-electron chi connectivity index (χ0n) is 13.3. The van der Waals surface area contributed by atoms with E-state index in [1.54, 1.807) is 31.4 Å². The molecule has 0 aliphatic rings. The SMILES string of the molecule is COc1ccc(C(=O)c2ccc(C#Cc3ccccc3)cc2)cc1. The second-order valence-electron chi connectivity index (χ2n) is 5.25. The molecule has 0 saturated carbocycles. The Kier molecular flexibility index (Phi) is 4.74. The average molecular weight is 312 g/mol. The summed E-state index contributed by atoms with van der Waals surface area (Å²) in [5, 5.41) is 0. The minimum atomic E-state index is -0.0137. The third kappa shape index (κ3) is 3.71. The van der Waals surface area contributed by atoms with Crippen molar-refractivity contribution in [2.24, 2.45) is 0 Å². The molecule has 3 aromatic carbocycles. The largest absolute Gasteiger partial charge is 0.497 e. The summed E-state index contributed by atoms with van der Waals surface area (Å²) < 4.78 is 5.11. The van der Waals surface area contributed by atoms with Crippen LogP contribution in [0.2, 0.25) is 0 Å². The molecule has 0 radical (unpaired) electrons. The molecule has 3 aromatic rings. The van der Waals surface area contributed by atoms with Crippen LogP contribution in [0.25, 0.3) is 0 Å². The molecule has 0 amide bonds. The molecule has 0 unspecified atom stereocenters. The number of carbonyl (C=O) groups excluding carboxylic acids is 1. The monoisotopic (exact) mass is 312 g/mol. The standard InChI is InChI=1S/C22H16O2/c1-24-21-15-13-20(14-16-21)22(23)19-11-9-18(10-12-19)8-7-17-5-3-2-4-6-17/h2-6,9-16H,1H3. The number of hydrogen-bond donors (Lipinski definition) is 0. The summed E-state index contributed by atoms with van der Waals surface area (Å²) in [6.45, 7) is 0. The first-order chi connectivity index (χ1) is 11.8. The van der Waals surface area contributed by atoms with E-state index in [1.165, 1.54) is 0 Å². The zero-order valence-corrected chi connectivity index (χ0v) is 13.3. The van der Waals surface area contributed by atoms with Crippen molar-refractivity contribution in [1.29, 1.82) is 0 Å². The van der Waals surface area contributed by atoms with Crippen molar-refractivity contribution in [3.63, 3.8) is 0 Å². The van der Waals surface area contributed by atoms with Gasteiger partial charge in [0, 0.05) is 22.3 Å². The van der Waals surface area contributed by atoms with Gasteiger partial charge in [0.2, 0.25) is 0 Å². The lowest BCUT2D eigenvalue weighted by atomic mass is 10.0. The van der Waals surface area contributed by atoms with E-state index in [0.29, 0.717) is 11.1 Å². The Hall–Kier alpha value is -3.31. The summed E-state index contributed by atoms with van der Waals surface area (Å²) in [5.74, 6) is 6.93. The van der Waals surface area contributed by atoms with Crippen molar-refractivity contribution in [1.82, 2.24) is 0 Å². The highest BCUT2D eigenvalue weighted by Crippen LogP contribution is 2.15. The smallest absolute Gasteiger partial charge is 0.193 e. The molecule has 0 spiro atoms. The summed E-state index contributed by atoms with van der Waals surface area (Å²) in [4.78, 5) is 12.5. The first-order valence-electron chi connectivity index (χ1n) is 7.62. The molecule has 3 rings (SSSR count). The van der Waals surface area contributed by atoms with E-state index < -0.39 is 0 Å². The molecule has 0 aliphatic heterocycles. The van der Waals surface area contributed by atoms with Gasteiger partial charge in [-0.2, -0.15) is 0 Å². The number of methoxy groups -OCH3 is 1. The van der Waals surface area contributed by atoms with Crippen molar-refractivity contribution >= 4 is 5.78 Å². The molecular formula is C22H16O2. The molecular weight excluding hydrogens is 296 g/mol. The highest BCUT2D eigenvalue weighted by molar-refractivity contribution is 6.09. The van der Waals surface area contributed by atoms with E-state index in [-0.39, 0.29) is 5.78 Å². The maximum absolute atomic E-state index is 12.5. The second-order valence-corrected chi connectivity index (χ2v) is 5.25. The van der Waals surface area contributed by atoms with Crippen molar-refractivity contribution < 1.29 is 9.53 Å². The van der Waals surface area contributed by atoms with Crippen LogP contribution in [0.4, 0.5) is 0 Å². The Bertz CT molecular complexity index is 881. The highest BCUT2D eigenvalue weighted by Gasteiger charge is 2.08. The number of benzene rings is 3. The van der Waals surface area contributed by atoms with Gasteiger partial charge in [-0.05, 0) is 60.7 Å². The molecule has 0 aliphatic carbocycles. The fourth-order valence-corrected chi connectivity index (χ4v) is 2.28. The van der Waals surface area contributed by atoms with Crippen LogP contribution in [0.15, 0.2) is 78.9 Å². The van der Waals surface area contributed by atoms with E-state index in [4.69, 9.17) is 4.74 Å². The van der Waals surface area contributed by atoms with Crippen LogP contribution in [0, 0.1) is 11.8 Å². The highest BCUT2D eigenvalue weighted by atomic mass is 16.5. The van der Waals surface area contributed by atoms with Gasteiger partial charge in [-0.25, -0.2) is 0 Å². The van der Waals surface area contributed by atoms with Crippen LogP contribution < -0.4 is 4.74 Å². The van der Waals surface area contributed by atoms with Gasteiger partial charge in [0.05, 0.1) is 7.11 Å². The fraction of sp³-hybridized carbons (Fsp3) is 0.0455. The van der Waals surface area contributed by atoms with Gasteiger partial charge in [0.15, 0.2) is 5.78 Å². The van der Waals surface area contributed by atoms with Gasteiger partial charge in [-0.3, -0.25) is 4.79 Å². The molecule has 0 saturated heterocycles. The van der Waals surface area contributed by atoms with Crippen LogP contribution in [-0.2, 0) is 0 Å². The number of ketones is 1. The predicted octanol–water partition coefficient (Wildman–Crippen LogP) is 4.33. The zero-order chi connectivity index (χ0) is 16.8. The number of ether oxygens (including phenoxy) is 1. The lowest BCUT2D eigenvalue weighted by Crippen LogP contribution is -2.01. The van der Waals surface area contributed by atoms with E-state index >= 15 is 0 Å². The van der Waals surface area contributed by atoms with Gasteiger partial charge < -0.3 is 4.74 Å². The van der Waals surface area contributed by atoms with Gasteiger partial charge in [-0.1, -0.05) is 30.0 Å². The summed E-state index contributed by atoms with van der Waals surface area (Å²) in [6, 6.07) is 24.3. The topological polar surface area (TPSA) is 26.3 Å². The summed E-state index contributed by atoms with van der Waals surface area (Å²) in [7, 11) is 1.60. The van der Waals surface area contributed by atoms with Crippen molar-refractivity contribution in [3.8, 4) is 17.6 Å². The van der Waals surface area contributed by atoms with Crippen LogP contribution in [0.5, 0.6) is 5.75 Å². The lowest BCUT2D eigenvalue weighted by molar-refractivity contribution is 0.103. The quantitative estimate of drug-likeness (QED) is 0.531. The Morgan fingerprint density at radius 2 is 1.21 bits per heavy atom. The molecule has 24 heavy (non-hydrogen) atoms. The third-order valence-electron chi connectivity index (χ3n) is 3.62. The second kappa shape index (κ2) is 7.30. The van der Waals surface area contributed by atoms with Crippen LogP contribution in [0.3, 0.4) is 0 Å². The summed E-state index contributed by atoms with van der Waals surface area (Å²) in [6.07, 6.45) is 0. The van der Waals surface area contributed by atoms with Gasteiger partial charge in [0.25, 0.3) is 0 Å². The maximum atomic E-state index is 12.5. The maximum Gasteiger partial charge on any atom is 0.193 e. The minimum Gasteiger partial charge on any atom is -0.497 e. The predicted molar refractivity (Wildman–Crippen MR) is 95.3 cm³/mol. The van der Waals surface area contributed by atoms with Gasteiger partial charge in [-0.15, -0.1) is 0 Å². The van der Waals surface area contributed by atoms with Crippen LogP contribution in [-0.4, -0.2) is 12.9 Å². The van der Waals surface area contributed by atoms with Gasteiger partial charge >= 0.3 is 0 Å². The average Bonchev–Trinajstić information content (AvgIpc) is 2.67. The molecule has 2 nitrogen and oxygen atoms in total. The molecule has 0 N–H and O–H groups in total. The van der Waals surface area contributed by atoms with Crippen molar-refractivity contribution in [3.05, 3.63) is 101 Å². The Labute approximate surface area is 141 Å². The molecule has 0 aromatic heterocycles. The first kappa shape index (κ1) is 15.6. The minimum absolute atomic E-state index is 0.0137. The third-order valence-corrected chi connectivity index (χ3v) is 3.62. The van der Waals surface area contributed by atoms with E-state index in [1.807, 2.05) is 54.6 Å². The van der Waals surface area contributed by atoms with Gasteiger partial charge in [0.1, 0.15) is 5.75 Å². The first-order valence-corrected chi connectivity index (χ1v) is 7.62. The Morgan fingerprint density at radius 3 is 1.75 bits per heavy atom. The van der Waals surface area contributed by atoms with E-state index in [2.05, 4.69) is 11.8 Å². The number of hydrogen-bond acceptors (Lipinski definition) is 2. The molecule has 2 heteroatoms. The Morgan fingerprint density at radius 1 is 0.708 bits per heavy atom. The number of carbonyl (C=O) groups is 1. The molecule has 0 atom stereocenters. The van der Waals surface area contributed by atoms with Crippen molar-refractivity contribution in [2.75, 3.05) is 7.11 Å². The van der Waals surface area contributed by atoms with E-state index in [9.17, 15) is 4.79 Å². The lowest BCUT2D eigenvalue weighted by Gasteiger charge is -2.03. The van der Waals surface area contributed by atoms with Crippen molar-refractivity contribution in [2.45, 2.75) is 0 Å². The number of rotatable bonds is 3. The fourth-order valence-electron chi connectivity index (χ4n) is 2.28. The van der Waals surface area contributed by atoms with Crippen LogP contribution in [0.1, 0.15) is 27.0 Å².